The number of amides is 2. The van der Waals surface area contributed by atoms with Gasteiger partial charge in [0.2, 0.25) is 11.8 Å². The summed E-state index contributed by atoms with van der Waals surface area (Å²) in [6.07, 6.45) is 1.79. The molecule has 1 fully saturated rings. The largest absolute Gasteiger partial charge is 0.363 e. The SMILES string of the molecule is CN(C)c1ccc(NC(=O)[C@H]2CC(=O)N(c3cccc(Cl)c3)C2)cn1. The van der Waals surface area contributed by atoms with E-state index in [1.807, 2.05) is 31.1 Å². The maximum absolute atomic E-state index is 12.5. The molecule has 2 amide bonds. The van der Waals surface area contributed by atoms with Gasteiger partial charge in [-0.25, -0.2) is 4.98 Å². The number of anilines is 3. The number of nitrogens with zero attached hydrogens (tertiary/aromatic N) is 3. The van der Waals surface area contributed by atoms with Crippen LogP contribution >= 0.6 is 11.6 Å². The Morgan fingerprint density at radius 2 is 2.12 bits per heavy atom. The minimum Gasteiger partial charge on any atom is -0.363 e. The molecule has 0 bridgehead atoms. The van der Waals surface area contributed by atoms with Gasteiger partial charge in [0.1, 0.15) is 5.82 Å². The van der Waals surface area contributed by atoms with E-state index in [4.69, 9.17) is 11.6 Å². The summed E-state index contributed by atoms with van der Waals surface area (Å²) in [4.78, 5) is 32.5. The highest BCUT2D eigenvalue weighted by Gasteiger charge is 2.35. The van der Waals surface area contributed by atoms with E-state index in [1.54, 1.807) is 35.4 Å². The summed E-state index contributed by atoms with van der Waals surface area (Å²) in [5.41, 5.74) is 1.33. The second-order valence-corrected chi connectivity index (χ2v) is 6.61. The van der Waals surface area contributed by atoms with Gasteiger partial charge >= 0.3 is 0 Å². The monoisotopic (exact) mass is 358 g/mol. The molecule has 0 spiro atoms. The van der Waals surface area contributed by atoms with Crippen LogP contribution < -0.4 is 15.1 Å². The number of rotatable bonds is 4. The molecule has 1 saturated heterocycles. The van der Waals surface area contributed by atoms with Crippen LogP contribution in [0.15, 0.2) is 42.6 Å². The molecule has 1 N–H and O–H groups in total. The number of hydrogen-bond acceptors (Lipinski definition) is 4. The molecule has 1 aromatic carbocycles. The lowest BCUT2D eigenvalue weighted by atomic mass is 10.1. The van der Waals surface area contributed by atoms with Crippen molar-refractivity contribution in [2.24, 2.45) is 5.92 Å². The zero-order valence-electron chi connectivity index (χ0n) is 14.1. The van der Waals surface area contributed by atoms with Gasteiger partial charge in [-0.3, -0.25) is 9.59 Å². The Labute approximate surface area is 151 Å². The summed E-state index contributed by atoms with van der Waals surface area (Å²) in [7, 11) is 3.80. The number of nitrogens with one attached hydrogen (secondary N) is 1. The zero-order chi connectivity index (χ0) is 18.0. The van der Waals surface area contributed by atoms with Crippen LogP contribution in [0.1, 0.15) is 6.42 Å². The number of hydrogen-bond donors (Lipinski definition) is 1. The fraction of sp³-hybridized carbons (Fsp3) is 0.278. The van der Waals surface area contributed by atoms with Gasteiger partial charge in [-0.05, 0) is 30.3 Å². The highest BCUT2D eigenvalue weighted by Crippen LogP contribution is 2.27. The predicted octanol–water partition coefficient (Wildman–Crippen LogP) is 2.79. The Balaban J connectivity index is 1.66. The summed E-state index contributed by atoms with van der Waals surface area (Å²) in [6, 6.07) is 10.7. The van der Waals surface area contributed by atoms with Gasteiger partial charge in [-0.1, -0.05) is 17.7 Å². The molecule has 25 heavy (non-hydrogen) atoms. The van der Waals surface area contributed by atoms with Gasteiger partial charge in [0.05, 0.1) is 17.8 Å². The summed E-state index contributed by atoms with van der Waals surface area (Å²) in [6.45, 7) is 0.341. The zero-order valence-corrected chi connectivity index (χ0v) is 14.8. The molecule has 0 saturated carbocycles. The number of carbonyl (C=O) groups excluding carboxylic acids is 2. The molecule has 1 aliphatic heterocycles. The maximum Gasteiger partial charge on any atom is 0.229 e. The molecule has 0 radical (unpaired) electrons. The lowest BCUT2D eigenvalue weighted by Gasteiger charge is -2.17. The van der Waals surface area contributed by atoms with E-state index in [2.05, 4.69) is 10.3 Å². The highest BCUT2D eigenvalue weighted by atomic mass is 35.5. The molecule has 3 rings (SSSR count). The first-order chi connectivity index (χ1) is 11.9. The molecule has 1 atom stereocenters. The van der Waals surface area contributed by atoms with Crippen molar-refractivity contribution in [2.75, 3.05) is 35.8 Å². The summed E-state index contributed by atoms with van der Waals surface area (Å²) in [5.74, 6) is 0.141. The fourth-order valence-corrected chi connectivity index (χ4v) is 2.93. The summed E-state index contributed by atoms with van der Waals surface area (Å²) < 4.78 is 0. The number of pyridine rings is 1. The van der Waals surface area contributed by atoms with Crippen LogP contribution in [0.25, 0.3) is 0 Å². The number of carbonyl (C=O) groups is 2. The van der Waals surface area contributed by atoms with Crippen molar-refractivity contribution in [1.82, 2.24) is 4.98 Å². The van der Waals surface area contributed by atoms with Crippen molar-refractivity contribution in [3.8, 4) is 0 Å². The lowest BCUT2D eigenvalue weighted by Crippen LogP contribution is -2.28. The normalized spacial score (nSPS) is 16.8. The van der Waals surface area contributed by atoms with Crippen molar-refractivity contribution in [2.45, 2.75) is 6.42 Å². The van der Waals surface area contributed by atoms with Crippen LogP contribution in [0.5, 0.6) is 0 Å². The highest BCUT2D eigenvalue weighted by molar-refractivity contribution is 6.31. The Kier molecular flexibility index (Phi) is 4.90. The average molecular weight is 359 g/mol. The average Bonchev–Trinajstić information content (AvgIpc) is 2.97. The molecular weight excluding hydrogens is 340 g/mol. The minimum absolute atomic E-state index is 0.0801. The molecular formula is C18H19ClN4O2. The van der Waals surface area contributed by atoms with E-state index in [-0.39, 0.29) is 18.2 Å². The molecule has 7 heteroatoms. The molecule has 1 aliphatic rings. The first-order valence-electron chi connectivity index (χ1n) is 7.94. The number of halogens is 1. The predicted molar refractivity (Wildman–Crippen MR) is 99.1 cm³/mol. The molecule has 2 heterocycles. The third-order valence-corrected chi connectivity index (χ3v) is 4.32. The van der Waals surface area contributed by atoms with Gasteiger partial charge in [0, 0.05) is 37.8 Å². The van der Waals surface area contributed by atoms with E-state index in [0.717, 1.165) is 5.82 Å². The second kappa shape index (κ2) is 7.11. The minimum atomic E-state index is -0.403. The third kappa shape index (κ3) is 3.91. The van der Waals surface area contributed by atoms with Crippen molar-refractivity contribution >= 4 is 40.6 Å². The topological polar surface area (TPSA) is 65.5 Å². The lowest BCUT2D eigenvalue weighted by molar-refractivity contribution is -0.122. The first-order valence-corrected chi connectivity index (χ1v) is 8.32. The quantitative estimate of drug-likeness (QED) is 0.912. The van der Waals surface area contributed by atoms with Crippen molar-refractivity contribution in [1.29, 1.82) is 0 Å². The van der Waals surface area contributed by atoms with Crippen LogP contribution in [0.2, 0.25) is 5.02 Å². The van der Waals surface area contributed by atoms with Crippen LogP contribution in [-0.2, 0) is 9.59 Å². The smallest absolute Gasteiger partial charge is 0.229 e. The third-order valence-electron chi connectivity index (χ3n) is 4.09. The van der Waals surface area contributed by atoms with Crippen LogP contribution in [0.3, 0.4) is 0 Å². The first kappa shape index (κ1) is 17.2. The molecule has 6 nitrogen and oxygen atoms in total. The standard InChI is InChI=1S/C18H19ClN4O2/c1-22(2)16-7-6-14(10-20-16)21-18(25)12-8-17(24)23(11-12)15-5-3-4-13(19)9-15/h3-7,9-10,12H,8,11H2,1-2H3,(H,21,25)/t12-/m0/s1. The van der Waals surface area contributed by atoms with Gasteiger partial charge < -0.3 is 15.1 Å². The van der Waals surface area contributed by atoms with Gasteiger partial charge in [-0.2, -0.15) is 0 Å². The summed E-state index contributed by atoms with van der Waals surface area (Å²) >= 11 is 5.98. The molecule has 2 aromatic rings. The van der Waals surface area contributed by atoms with Crippen LogP contribution in [-0.4, -0.2) is 37.4 Å². The Morgan fingerprint density at radius 1 is 1.32 bits per heavy atom. The van der Waals surface area contributed by atoms with Crippen LogP contribution in [0, 0.1) is 5.92 Å². The van der Waals surface area contributed by atoms with E-state index in [0.29, 0.717) is 22.9 Å². The fourth-order valence-electron chi connectivity index (χ4n) is 2.75. The maximum atomic E-state index is 12.5. The van der Waals surface area contributed by atoms with Crippen molar-refractivity contribution < 1.29 is 9.59 Å². The molecule has 0 aliphatic carbocycles. The number of aromatic nitrogens is 1. The molecule has 130 valence electrons. The molecule has 1 aromatic heterocycles. The van der Waals surface area contributed by atoms with E-state index in [1.165, 1.54) is 0 Å². The Morgan fingerprint density at radius 3 is 2.76 bits per heavy atom. The van der Waals surface area contributed by atoms with Gasteiger partial charge in [0.25, 0.3) is 0 Å². The van der Waals surface area contributed by atoms with E-state index >= 15 is 0 Å². The Bertz CT molecular complexity index is 792. The van der Waals surface area contributed by atoms with Crippen LogP contribution in [0.4, 0.5) is 17.2 Å². The second-order valence-electron chi connectivity index (χ2n) is 6.17. The number of benzene rings is 1. The van der Waals surface area contributed by atoms with Gasteiger partial charge in [0.15, 0.2) is 0 Å². The Hall–Kier alpha value is -2.60. The summed E-state index contributed by atoms with van der Waals surface area (Å²) in [5, 5.41) is 3.39. The van der Waals surface area contributed by atoms with E-state index in [9.17, 15) is 9.59 Å². The van der Waals surface area contributed by atoms with Crippen molar-refractivity contribution in [3.05, 3.63) is 47.6 Å². The van der Waals surface area contributed by atoms with Gasteiger partial charge in [-0.15, -0.1) is 0 Å². The van der Waals surface area contributed by atoms with Crippen molar-refractivity contribution in [3.63, 3.8) is 0 Å². The molecule has 0 unspecified atom stereocenters. The van der Waals surface area contributed by atoms with E-state index < -0.39 is 5.92 Å².